The molecule has 88 valence electrons. The van der Waals surface area contributed by atoms with Crippen LogP contribution in [0.4, 0.5) is 0 Å². The predicted molar refractivity (Wildman–Crippen MR) is 56.5 cm³/mol. The van der Waals surface area contributed by atoms with Gasteiger partial charge in [0.2, 0.25) is 5.91 Å². The van der Waals surface area contributed by atoms with E-state index in [0.717, 1.165) is 0 Å². The van der Waals surface area contributed by atoms with Gasteiger partial charge < -0.3 is 20.5 Å². The summed E-state index contributed by atoms with van der Waals surface area (Å²) >= 11 is 0. The van der Waals surface area contributed by atoms with Gasteiger partial charge in [-0.05, 0) is 5.92 Å². The monoisotopic (exact) mass is 216 g/mol. The Morgan fingerprint density at radius 2 is 2.40 bits per heavy atom. The third-order valence-electron chi connectivity index (χ3n) is 2.49. The van der Waals surface area contributed by atoms with Gasteiger partial charge in [0.05, 0.1) is 19.3 Å². The molecule has 1 aliphatic heterocycles. The van der Waals surface area contributed by atoms with Gasteiger partial charge in [0, 0.05) is 13.1 Å². The number of hydrogen-bond donors (Lipinski definition) is 3. The van der Waals surface area contributed by atoms with E-state index in [4.69, 9.17) is 4.74 Å². The largest absolute Gasteiger partial charge is 0.391 e. The molecule has 0 aromatic carbocycles. The molecule has 1 aliphatic rings. The van der Waals surface area contributed by atoms with Crippen molar-refractivity contribution >= 4 is 5.91 Å². The van der Waals surface area contributed by atoms with Crippen LogP contribution in [-0.4, -0.2) is 49.5 Å². The van der Waals surface area contributed by atoms with Gasteiger partial charge >= 0.3 is 0 Å². The second kappa shape index (κ2) is 6.05. The SMILES string of the molecule is CC(C)C(O)CNC(=O)C1COCCN1. The lowest BCUT2D eigenvalue weighted by molar-refractivity contribution is -0.126. The normalized spacial score (nSPS) is 23.9. The molecular formula is C10H20N2O3. The molecule has 3 N–H and O–H groups in total. The van der Waals surface area contributed by atoms with E-state index in [-0.39, 0.29) is 17.9 Å². The number of morpholine rings is 1. The van der Waals surface area contributed by atoms with Crippen LogP contribution < -0.4 is 10.6 Å². The number of amides is 1. The molecule has 0 saturated carbocycles. The molecule has 1 rings (SSSR count). The predicted octanol–water partition coefficient (Wildman–Crippen LogP) is -0.892. The highest BCUT2D eigenvalue weighted by molar-refractivity contribution is 5.81. The first-order valence-electron chi connectivity index (χ1n) is 5.38. The number of nitrogens with one attached hydrogen (secondary N) is 2. The minimum absolute atomic E-state index is 0.102. The van der Waals surface area contributed by atoms with Gasteiger partial charge in [-0.1, -0.05) is 13.8 Å². The molecule has 5 nitrogen and oxygen atoms in total. The highest BCUT2D eigenvalue weighted by Crippen LogP contribution is 1.99. The third kappa shape index (κ3) is 4.15. The number of carbonyl (C=O) groups excluding carboxylic acids is 1. The van der Waals surface area contributed by atoms with Crippen molar-refractivity contribution in [1.29, 1.82) is 0 Å². The first-order chi connectivity index (χ1) is 7.11. The standard InChI is InChI=1S/C10H20N2O3/c1-7(2)9(13)5-12-10(14)8-6-15-4-3-11-8/h7-9,11,13H,3-6H2,1-2H3,(H,12,14). The van der Waals surface area contributed by atoms with Crippen molar-refractivity contribution in [3.63, 3.8) is 0 Å². The summed E-state index contributed by atoms with van der Waals surface area (Å²) in [7, 11) is 0. The van der Waals surface area contributed by atoms with Crippen LogP contribution in [0.15, 0.2) is 0 Å². The Morgan fingerprint density at radius 3 is 2.93 bits per heavy atom. The number of aliphatic hydroxyl groups is 1. The van der Waals surface area contributed by atoms with Gasteiger partial charge in [-0.15, -0.1) is 0 Å². The zero-order valence-corrected chi connectivity index (χ0v) is 9.32. The summed E-state index contributed by atoms with van der Waals surface area (Å²) in [5, 5.41) is 15.3. The Morgan fingerprint density at radius 1 is 1.67 bits per heavy atom. The van der Waals surface area contributed by atoms with E-state index < -0.39 is 6.10 Å². The minimum atomic E-state index is -0.488. The lowest BCUT2D eigenvalue weighted by Crippen LogP contribution is -2.52. The van der Waals surface area contributed by atoms with E-state index in [1.165, 1.54) is 0 Å². The van der Waals surface area contributed by atoms with Crippen molar-refractivity contribution < 1.29 is 14.6 Å². The maximum Gasteiger partial charge on any atom is 0.239 e. The van der Waals surface area contributed by atoms with Gasteiger partial charge in [0.25, 0.3) is 0 Å². The highest BCUT2D eigenvalue weighted by atomic mass is 16.5. The molecule has 0 aromatic heterocycles. The lowest BCUT2D eigenvalue weighted by Gasteiger charge is -2.24. The van der Waals surface area contributed by atoms with Crippen molar-refractivity contribution in [1.82, 2.24) is 10.6 Å². The Kier molecular flexibility index (Phi) is 5.01. The van der Waals surface area contributed by atoms with E-state index in [2.05, 4.69) is 10.6 Å². The average molecular weight is 216 g/mol. The highest BCUT2D eigenvalue weighted by Gasteiger charge is 2.21. The van der Waals surface area contributed by atoms with Crippen molar-refractivity contribution in [2.75, 3.05) is 26.3 Å². The topological polar surface area (TPSA) is 70.6 Å². The summed E-state index contributed by atoms with van der Waals surface area (Å²) in [6, 6.07) is -0.280. The van der Waals surface area contributed by atoms with E-state index >= 15 is 0 Å². The Hall–Kier alpha value is -0.650. The van der Waals surface area contributed by atoms with Crippen molar-refractivity contribution in [2.24, 2.45) is 5.92 Å². The summed E-state index contributed by atoms with van der Waals surface area (Å²) in [4.78, 5) is 11.6. The summed E-state index contributed by atoms with van der Waals surface area (Å²) in [5.41, 5.74) is 0. The Labute approximate surface area is 90.2 Å². The summed E-state index contributed by atoms with van der Waals surface area (Å²) < 4.78 is 5.17. The molecule has 0 aliphatic carbocycles. The summed E-state index contributed by atoms with van der Waals surface area (Å²) in [5.74, 6) is 0.0512. The molecule has 1 amide bonds. The molecule has 2 atom stereocenters. The first kappa shape index (κ1) is 12.4. The zero-order valence-electron chi connectivity index (χ0n) is 9.32. The second-order valence-corrected chi connectivity index (χ2v) is 4.14. The van der Waals surface area contributed by atoms with Crippen LogP contribution in [-0.2, 0) is 9.53 Å². The quantitative estimate of drug-likeness (QED) is 0.570. The number of hydrogen-bond acceptors (Lipinski definition) is 4. The molecular weight excluding hydrogens is 196 g/mol. The van der Waals surface area contributed by atoms with Gasteiger partial charge in [-0.25, -0.2) is 0 Å². The molecule has 0 radical (unpaired) electrons. The van der Waals surface area contributed by atoms with Crippen LogP contribution in [0.2, 0.25) is 0 Å². The fourth-order valence-electron chi connectivity index (χ4n) is 1.30. The van der Waals surface area contributed by atoms with Crippen LogP contribution in [0.3, 0.4) is 0 Å². The zero-order chi connectivity index (χ0) is 11.3. The molecule has 1 heterocycles. The fraction of sp³-hybridized carbons (Fsp3) is 0.900. The van der Waals surface area contributed by atoms with Gasteiger partial charge in [-0.3, -0.25) is 4.79 Å². The van der Waals surface area contributed by atoms with Crippen molar-refractivity contribution in [3.05, 3.63) is 0 Å². The van der Waals surface area contributed by atoms with Crippen LogP contribution >= 0.6 is 0 Å². The fourth-order valence-corrected chi connectivity index (χ4v) is 1.30. The van der Waals surface area contributed by atoms with E-state index in [0.29, 0.717) is 26.3 Å². The van der Waals surface area contributed by atoms with E-state index in [1.807, 2.05) is 13.8 Å². The molecule has 2 unspecified atom stereocenters. The van der Waals surface area contributed by atoms with Crippen LogP contribution in [0.5, 0.6) is 0 Å². The molecule has 0 spiro atoms. The number of carbonyl (C=O) groups is 1. The molecule has 0 aromatic rings. The van der Waals surface area contributed by atoms with Crippen LogP contribution in [0, 0.1) is 5.92 Å². The van der Waals surface area contributed by atoms with Gasteiger partial charge in [0.15, 0.2) is 0 Å². The number of rotatable bonds is 4. The van der Waals surface area contributed by atoms with Crippen LogP contribution in [0.1, 0.15) is 13.8 Å². The Balaban J connectivity index is 2.22. The van der Waals surface area contributed by atoms with E-state index in [9.17, 15) is 9.90 Å². The van der Waals surface area contributed by atoms with Crippen molar-refractivity contribution in [2.45, 2.75) is 26.0 Å². The molecule has 15 heavy (non-hydrogen) atoms. The molecule has 5 heteroatoms. The minimum Gasteiger partial charge on any atom is -0.391 e. The molecule has 1 saturated heterocycles. The Bertz CT molecular complexity index is 203. The van der Waals surface area contributed by atoms with Crippen molar-refractivity contribution in [3.8, 4) is 0 Å². The van der Waals surface area contributed by atoms with Crippen LogP contribution in [0.25, 0.3) is 0 Å². The molecule has 1 fully saturated rings. The summed E-state index contributed by atoms with van der Waals surface area (Å²) in [6.45, 7) is 5.89. The summed E-state index contributed by atoms with van der Waals surface area (Å²) in [6.07, 6.45) is -0.488. The number of ether oxygens (including phenoxy) is 1. The van der Waals surface area contributed by atoms with Gasteiger partial charge in [0.1, 0.15) is 6.04 Å². The average Bonchev–Trinajstić information content (AvgIpc) is 2.26. The van der Waals surface area contributed by atoms with E-state index in [1.54, 1.807) is 0 Å². The maximum absolute atomic E-state index is 11.6. The number of aliphatic hydroxyl groups excluding tert-OH is 1. The third-order valence-corrected chi connectivity index (χ3v) is 2.49. The smallest absolute Gasteiger partial charge is 0.239 e. The van der Waals surface area contributed by atoms with Gasteiger partial charge in [-0.2, -0.15) is 0 Å². The maximum atomic E-state index is 11.6. The first-order valence-corrected chi connectivity index (χ1v) is 5.38. The lowest BCUT2D eigenvalue weighted by atomic mass is 10.1. The second-order valence-electron chi connectivity index (χ2n) is 4.14. The molecule has 0 bridgehead atoms.